The van der Waals surface area contributed by atoms with E-state index in [-0.39, 0.29) is 16.6 Å². The number of ether oxygens (including phenoxy) is 1. The van der Waals surface area contributed by atoms with Crippen molar-refractivity contribution in [2.24, 2.45) is 10.9 Å². The fourth-order valence-corrected chi connectivity index (χ4v) is 5.24. The highest BCUT2D eigenvalue weighted by Gasteiger charge is 2.32. The highest BCUT2D eigenvalue weighted by Crippen LogP contribution is 2.34. The fraction of sp³-hybridized carbons (Fsp3) is 0.407. The largest absolute Gasteiger partial charge is 0.497 e. The number of amides is 1. The summed E-state index contributed by atoms with van der Waals surface area (Å²) in [5.74, 6) is 1.30. The van der Waals surface area contributed by atoms with E-state index in [4.69, 9.17) is 27.9 Å². The number of nitrogens with one attached hydrogen (secondary N) is 2. The highest BCUT2D eigenvalue weighted by molar-refractivity contribution is 6.36. The van der Waals surface area contributed by atoms with Crippen LogP contribution >= 0.6 is 23.2 Å². The first-order chi connectivity index (χ1) is 17.6. The lowest BCUT2D eigenvalue weighted by molar-refractivity contribution is -0.137. The number of alkyl halides is 3. The molecule has 1 amide bonds. The van der Waals surface area contributed by atoms with Crippen molar-refractivity contribution in [3.8, 4) is 5.75 Å². The molecular weight excluding hydrogens is 526 g/mol. The summed E-state index contributed by atoms with van der Waals surface area (Å²) in [4.78, 5) is 17.3. The molecule has 37 heavy (non-hydrogen) atoms. The first-order valence-corrected chi connectivity index (χ1v) is 12.8. The molecule has 0 aromatic heterocycles. The SMILES string of the molecule is COc1ccc(C2=C(C)CN=C2NCC2CCC(NC(=O)c3cc(C(F)(F)F)ccc3Cl)CC2)c(Cl)c1. The van der Waals surface area contributed by atoms with Crippen LogP contribution in [-0.4, -0.2) is 38.0 Å². The van der Waals surface area contributed by atoms with Crippen LogP contribution in [0.3, 0.4) is 0 Å². The van der Waals surface area contributed by atoms with Crippen molar-refractivity contribution in [3.05, 3.63) is 68.7 Å². The van der Waals surface area contributed by atoms with E-state index in [1.54, 1.807) is 13.2 Å². The number of methoxy groups -OCH3 is 1. The molecule has 198 valence electrons. The van der Waals surface area contributed by atoms with Crippen molar-refractivity contribution >= 4 is 40.5 Å². The van der Waals surface area contributed by atoms with E-state index in [1.807, 2.05) is 19.1 Å². The van der Waals surface area contributed by atoms with Gasteiger partial charge in [0.2, 0.25) is 0 Å². The van der Waals surface area contributed by atoms with Gasteiger partial charge in [-0.25, -0.2) is 0 Å². The Morgan fingerprint density at radius 2 is 1.81 bits per heavy atom. The summed E-state index contributed by atoms with van der Waals surface area (Å²) in [6, 6.07) is 8.27. The van der Waals surface area contributed by atoms with Crippen molar-refractivity contribution < 1.29 is 22.7 Å². The van der Waals surface area contributed by atoms with Crippen molar-refractivity contribution in [1.82, 2.24) is 10.6 Å². The van der Waals surface area contributed by atoms with Crippen LogP contribution in [0.4, 0.5) is 13.2 Å². The third-order valence-electron chi connectivity index (χ3n) is 6.86. The quantitative estimate of drug-likeness (QED) is 0.414. The molecule has 5 nitrogen and oxygen atoms in total. The van der Waals surface area contributed by atoms with Crippen LogP contribution < -0.4 is 15.4 Å². The Bertz CT molecular complexity index is 1240. The Balaban J connectivity index is 1.31. The van der Waals surface area contributed by atoms with Crippen molar-refractivity contribution in [1.29, 1.82) is 0 Å². The molecule has 2 aromatic rings. The highest BCUT2D eigenvalue weighted by atomic mass is 35.5. The van der Waals surface area contributed by atoms with Gasteiger partial charge in [-0.05, 0) is 80.5 Å². The predicted molar refractivity (Wildman–Crippen MR) is 141 cm³/mol. The molecule has 1 fully saturated rings. The second-order valence-corrected chi connectivity index (χ2v) is 10.2. The number of rotatable bonds is 6. The lowest BCUT2D eigenvalue weighted by Crippen LogP contribution is -2.40. The molecular formula is C27H28Cl2F3N3O2. The van der Waals surface area contributed by atoms with Crippen LogP contribution in [-0.2, 0) is 6.18 Å². The smallest absolute Gasteiger partial charge is 0.416 e. The minimum absolute atomic E-state index is 0.00293. The Kier molecular flexibility index (Phi) is 8.39. The van der Waals surface area contributed by atoms with Crippen LogP contribution in [0.2, 0.25) is 10.0 Å². The van der Waals surface area contributed by atoms with E-state index in [9.17, 15) is 18.0 Å². The van der Waals surface area contributed by atoms with Gasteiger partial charge in [0.25, 0.3) is 5.91 Å². The molecule has 0 saturated heterocycles. The van der Waals surface area contributed by atoms with E-state index in [0.29, 0.717) is 23.2 Å². The standard InChI is InChI=1S/C27H28Cl2F3N3O2/c1-15-13-33-25(24(15)20-9-8-19(37-2)12-23(20)29)34-14-16-3-6-18(7-4-16)35-26(36)21-11-17(27(30,31)32)5-10-22(21)28/h5,8-12,16,18H,3-4,6-7,13-14H2,1-2H3,(H,33,34)(H,35,36). The predicted octanol–water partition coefficient (Wildman–Crippen LogP) is 6.78. The minimum atomic E-state index is -4.54. The van der Waals surface area contributed by atoms with E-state index in [0.717, 1.165) is 73.0 Å². The third-order valence-corrected chi connectivity index (χ3v) is 7.50. The number of carbonyl (C=O) groups excluding carboxylic acids is 1. The van der Waals surface area contributed by atoms with Crippen LogP contribution in [0.1, 0.15) is 54.1 Å². The van der Waals surface area contributed by atoms with Crippen molar-refractivity contribution in [3.63, 3.8) is 0 Å². The van der Waals surface area contributed by atoms with Gasteiger partial charge in [0.05, 0.1) is 34.8 Å². The van der Waals surface area contributed by atoms with Crippen LogP contribution in [0.25, 0.3) is 5.57 Å². The Hall–Kier alpha value is -2.71. The number of benzene rings is 2. The number of halogens is 5. The van der Waals surface area contributed by atoms with Crippen LogP contribution in [0, 0.1) is 5.92 Å². The molecule has 1 saturated carbocycles. The topological polar surface area (TPSA) is 62.7 Å². The first-order valence-electron chi connectivity index (χ1n) is 12.1. The molecule has 1 heterocycles. The molecule has 4 rings (SSSR count). The van der Waals surface area contributed by atoms with E-state index in [1.165, 1.54) is 0 Å². The monoisotopic (exact) mass is 553 g/mol. The summed E-state index contributed by atoms with van der Waals surface area (Å²) in [5, 5.41) is 6.94. The molecule has 0 bridgehead atoms. The van der Waals surface area contributed by atoms with Crippen LogP contribution in [0.15, 0.2) is 47.0 Å². The lowest BCUT2D eigenvalue weighted by atomic mass is 9.85. The average Bonchev–Trinajstić information content (AvgIpc) is 3.22. The Labute approximate surface area is 224 Å². The maximum absolute atomic E-state index is 13.0. The molecule has 1 aliphatic carbocycles. The zero-order chi connectivity index (χ0) is 26.7. The molecule has 2 aliphatic rings. The molecule has 0 unspecified atom stereocenters. The minimum Gasteiger partial charge on any atom is -0.497 e. The summed E-state index contributed by atoms with van der Waals surface area (Å²) in [5.41, 5.74) is 1.99. The van der Waals surface area contributed by atoms with Gasteiger partial charge in [0.1, 0.15) is 11.6 Å². The van der Waals surface area contributed by atoms with Gasteiger partial charge >= 0.3 is 6.18 Å². The van der Waals surface area contributed by atoms with Crippen molar-refractivity contribution in [2.75, 3.05) is 20.2 Å². The number of nitrogens with zero attached hydrogens (tertiary/aromatic N) is 1. The second-order valence-electron chi connectivity index (χ2n) is 9.43. The zero-order valence-corrected chi connectivity index (χ0v) is 22.0. The Morgan fingerprint density at radius 3 is 2.46 bits per heavy atom. The van der Waals surface area contributed by atoms with E-state index >= 15 is 0 Å². The fourth-order valence-electron chi connectivity index (χ4n) is 4.78. The third kappa shape index (κ3) is 6.41. The Morgan fingerprint density at radius 1 is 1.08 bits per heavy atom. The molecule has 0 spiro atoms. The number of amidine groups is 1. The number of hydrogen-bond donors (Lipinski definition) is 2. The van der Waals surface area contributed by atoms with E-state index in [2.05, 4.69) is 15.6 Å². The summed E-state index contributed by atoms with van der Waals surface area (Å²) >= 11 is 12.5. The summed E-state index contributed by atoms with van der Waals surface area (Å²) in [6.07, 6.45) is -1.35. The van der Waals surface area contributed by atoms with Gasteiger partial charge in [-0.15, -0.1) is 0 Å². The number of hydrogen-bond acceptors (Lipinski definition) is 4. The van der Waals surface area contributed by atoms with Crippen molar-refractivity contribution in [2.45, 2.75) is 44.8 Å². The normalized spacial score (nSPS) is 20.0. The van der Waals surface area contributed by atoms with Crippen LogP contribution in [0.5, 0.6) is 5.75 Å². The number of carbonyl (C=O) groups is 1. The molecule has 0 atom stereocenters. The van der Waals surface area contributed by atoms with Gasteiger partial charge < -0.3 is 15.4 Å². The second kappa shape index (κ2) is 11.4. The average molecular weight is 554 g/mol. The lowest BCUT2D eigenvalue weighted by Gasteiger charge is -2.29. The molecule has 0 radical (unpaired) electrons. The molecule has 2 N–H and O–H groups in total. The first kappa shape index (κ1) is 27.3. The van der Waals surface area contributed by atoms with Gasteiger partial charge in [-0.1, -0.05) is 23.2 Å². The summed E-state index contributed by atoms with van der Waals surface area (Å²) < 4.78 is 44.4. The summed E-state index contributed by atoms with van der Waals surface area (Å²) in [6.45, 7) is 3.37. The molecule has 10 heteroatoms. The maximum Gasteiger partial charge on any atom is 0.416 e. The van der Waals surface area contributed by atoms with Gasteiger partial charge in [-0.2, -0.15) is 13.2 Å². The molecule has 2 aromatic carbocycles. The molecule has 1 aliphatic heterocycles. The maximum atomic E-state index is 13.0. The van der Waals surface area contributed by atoms with Gasteiger partial charge in [0, 0.05) is 23.7 Å². The summed E-state index contributed by atoms with van der Waals surface area (Å²) in [7, 11) is 1.60. The van der Waals surface area contributed by atoms with Gasteiger partial charge in [-0.3, -0.25) is 9.79 Å². The van der Waals surface area contributed by atoms with Gasteiger partial charge in [0.15, 0.2) is 0 Å². The van der Waals surface area contributed by atoms with E-state index < -0.39 is 17.6 Å². The zero-order valence-electron chi connectivity index (χ0n) is 20.5. The number of aliphatic imine (C=N–C) groups is 1.